The fourth-order valence-electron chi connectivity index (χ4n) is 4.14. The second-order valence-electron chi connectivity index (χ2n) is 8.29. The molecule has 0 saturated heterocycles. The van der Waals surface area contributed by atoms with E-state index < -0.39 is 12.1 Å². The zero-order chi connectivity index (χ0) is 24.8. The molecule has 3 N–H and O–H groups in total. The summed E-state index contributed by atoms with van der Waals surface area (Å²) in [5.41, 5.74) is 4.18. The molecule has 0 spiro atoms. The molecular weight excluding hydrogens is 607 g/mol. The predicted octanol–water partition coefficient (Wildman–Crippen LogP) is 3.35. The van der Waals surface area contributed by atoms with Crippen LogP contribution in [0.5, 0.6) is 0 Å². The molecule has 0 fully saturated rings. The van der Waals surface area contributed by atoms with Crippen molar-refractivity contribution < 1.29 is 38.1 Å². The molecule has 1 atom stereocenters. The molecule has 1 aliphatic rings. The van der Waals surface area contributed by atoms with Crippen molar-refractivity contribution in [1.82, 2.24) is 5.32 Å². The van der Waals surface area contributed by atoms with E-state index >= 15 is 0 Å². The van der Waals surface area contributed by atoms with Gasteiger partial charge in [-0.05, 0) is 55.1 Å². The molecule has 6 nitrogen and oxygen atoms in total. The lowest BCUT2D eigenvalue weighted by atomic mass is 10.1. The summed E-state index contributed by atoms with van der Waals surface area (Å²) in [5.74, 6) is -0.327. The number of nitrogens with zero attached hydrogens (tertiary/aromatic N) is 1. The van der Waals surface area contributed by atoms with Crippen LogP contribution in [-0.2, 0) is 4.79 Å². The maximum atomic E-state index is 13.3. The predicted molar refractivity (Wildman–Crippen MR) is 145 cm³/mol. The van der Waals surface area contributed by atoms with Gasteiger partial charge in [-0.1, -0.05) is 53.7 Å². The zero-order valence-electron chi connectivity index (χ0n) is 20.1. The van der Waals surface area contributed by atoms with Crippen LogP contribution in [0.25, 0.3) is 0 Å². The Morgan fingerprint density at radius 2 is 1.67 bits per heavy atom. The molecule has 0 aromatic heterocycles. The van der Waals surface area contributed by atoms with Gasteiger partial charge >= 0.3 is 6.03 Å². The molecule has 3 amide bonds. The van der Waals surface area contributed by atoms with Crippen LogP contribution in [0.2, 0.25) is 5.02 Å². The van der Waals surface area contributed by atoms with Crippen molar-refractivity contribution in [1.29, 1.82) is 0 Å². The van der Waals surface area contributed by atoms with Gasteiger partial charge in [0.2, 0.25) is 10.7 Å². The Morgan fingerprint density at radius 1 is 0.972 bits per heavy atom. The first-order valence-corrected chi connectivity index (χ1v) is 13.0. The molecule has 0 unspecified atom stereocenters. The van der Waals surface area contributed by atoms with Gasteiger partial charge in [0.05, 0.1) is 0 Å². The highest BCUT2D eigenvalue weighted by Crippen LogP contribution is 2.28. The number of urea groups is 1. The van der Waals surface area contributed by atoms with E-state index in [9.17, 15) is 9.59 Å². The molecule has 0 saturated carbocycles. The van der Waals surface area contributed by atoms with E-state index in [1.807, 2.05) is 55.5 Å². The summed E-state index contributed by atoms with van der Waals surface area (Å²) in [6, 6.07) is 20.5. The number of carbonyl (C=O) groups is 2. The minimum atomic E-state index is -0.876. The average molecular weight is 635 g/mol. The van der Waals surface area contributed by atoms with E-state index in [1.54, 1.807) is 36.0 Å². The van der Waals surface area contributed by atoms with Gasteiger partial charge in [-0.25, -0.2) is 4.79 Å². The van der Waals surface area contributed by atoms with Crippen molar-refractivity contribution in [3.05, 3.63) is 88.9 Å². The number of anilines is 2. The second kappa shape index (κ2) is 13.1. The maximum Gasteiger partial charge on any atom is 0.320 e. The molecule has 0 bridgehead atoms. The molecule has 0 radical (unpaired) electrons. The SMILES string of the molecule is CSC1=[N+](c2ccc(NC(=O)[C@H](NC(=O)Nc3ccc(Cl)cc3)c3ccccc3)cc2C)CCC1.[I-]. The molecule has 4 rings (SSSR count). The monoisotopic (exact) mass is 634 g/mol. The Morgan fingerprint density at radius 3 is 2.33 bits per heavy atom. The quantitative estimate of drug-likeness (QED) is 0.288. The van der Waals surface area contributed by atoms with Crippen molar-refractivity contribution in [3.63, 3.8) is 0 Å². The van der Waals surface area contributed by atoms with Crippen LogP contribution in [0.1, 0.15) is 30.0 Å². The van der Waals surface area contributed by atoms with Crippen LogP contribution in [0.4, 0.5) is 21.9 Å². The third kappa shape index (κ3) is 7.02. The highest BCUT2D eigenvalue weighted by molar-refractivity contribution is 8.13. The van der Waals surface area contributed by atoms with E-state index in [0.29, 0.717) is 22.0 Å². The number of benzene rings is 3. The summed E-state index contributed by atoms with van der Waals surface area (Å²) in [5, 5.41) is 10.5. The normalized spacial score (nSPS) is 13.5. The average Bonchev–Trinajstić information content (AvgIpc) is 3.33. The number of carbonyl (C=O) groups excluding carboxylic acids is 2. The summed E-state index contributed by atoms with van der Waals surface area (Å²) in [4.78, 5) is 26.0. The Hall–Kier alpha value is -2.56. The van der Waals surface area contributed by atoms with Crippen molar-refractivity contribution in [3.8, 4) is 0 Å². The lowest BCUT2D eigenvalue weighted by Crippen LogP contribution is -3.00. The van der Waals surface area contributed by atoms with Crippen molar-refractivity contribution in [2.45, 2.75) is 25.8 Å². The zero-order valence-corrected chi connectivity index (χ0v) is 23.8. The van der Waals surface area contributed by atoms with Crippen LogP contribution in [-0.4, -0.2) is 34.4 Å². The number of hydrogen-bond donors (Lipinski definition) is 3. The van der Waals surface area contributed by atoms with Gasteiger partial charge in [-0.2, -0.15) is 4.58 Å². The van der Waals surface area contributed by atoms with Gasteiger partial charge in [0, 0.05) is 40.9 Å². The minimum Gasteiger partial charge on any atom is -1.00 e. The van der Waals surface area contributed by atoms with Crippen LogP contribution in [0.15, 0.2) is 72.8 Å². The fraction of sp³-hybridized carbons (Fsp3) is 0.222. The van der Waals surface area contributed by atoms with E-state index in [2.05, 4.69) is 26.8 Å². The summed E-state index contributed by atoms with van der Waals surface area (Å²) < 4.78 is 2.35. The number of rotatable bonds is 6. The van der Waals surface area contributed by atoms with Gasteiger partial charge < -0.3 is 39.9 Å². The smallest absolute Gasteiger partial charge is 0.320 e. The number of halogens is 2. The van der Waals surface area contributed by atoms with E-state index in [1.165, 1.54) is 5.04 Å². The first-order chi connectivity index (χ1) is 16.9. The molecule has 1 heterocycles. The minimum absolute atomic E-state index is 0. The molecule has 1 aliphatic heterocycles. The standard InChI is InChI=1S/C27H27ClN4O2S.HI/c1-18-17-22(14-15-23(18)32-16-6-9-24(32)35-2)29-26(33)25(19-7-4-3-5-8-19)31-27(34)30-21-12-10-20(28)11-13-21;/h3-5,7-8,10-15,17,25H,6,9,16H2,1-2H3,(H2-,29,30,31,33,34);1H/t25-;/m1./s1. The molecule has 36 heavy (non-hydrogen) atoms. The molecule has 9 heteroatoms. The van der Waals surface area contributed by atoms with Gasteiger partial charge in [-0.15, -0.1) is 0 Å². The first-order valence-electron chi connectivity index (χ1n) is 11.4. The molecule has 188 valence electrons. The second-order valence-corrected chi connectivity index (χ2v) is 9.61. The summed E-state index contributed by atoms with van der Waals surface area (Å²) in [6.07, 6.45) is 4.36. The van der Waals surface area contributed by atoms with E-state index in [4.69, 9.17) is 11.6 Å². The third-order valence-electron chi connectivity index (χ3n) is 5.84. The number of nitrogens with one attached hydrogen (secondary N) is 3. The number of amides is 3. The van der Waals surface area contributed by atoms with Crippen LogP contribution in [0.3, 0.4) is 0 Å². The van der Waals surface area contributed by atoms with Crippen molar-refractivity contribution in [2.75, 3.05) is 23.4 Å². The molecular formula is C27H28ClIN4O2S. The van der Waals surface area contributed by atoms with Crippen molar-refractivity contribution in [2.24, 2.45) is 0 Å². The highest BCUT2D eigenvalue weighted by atomic mass is 127. The Bertz CT molecular complexity index is 1250. The summed E-state index contributed by atoms with van der Waals surface area (Å²) in [6.45, 7) is 3.05. The van der Waals surface area contributed by atoms with Gasteiger partial charge in [0.1, 0.15) is 12.6 Å². The van der Waals surface area contributed by atoms with Crippen LogP contribution < -0.4 is 39.9 Å². The Balaban J connectivity index is 0.00000361. The number of thioether (sulfide) groups is 1. The number of hydrogen-bond acceptors (Lipinski definition) is 3. The maximum absolute atomic E-state index is 13.3. The largest absolute Gasteiger partial charge is 1.00 e. The van der Waals surface area contributed by atoms with E-state index in [-0.39, 0.29) is 29.9 Å². The van der Waals surface area contributed by atoms with Gasteiger partial charge in [0.25, 0.3) is 5.91 Å². The molecule has 0 aliphatic carbocycles. The van der Waals surface area contributed by atoms with Crippen molar-refractivity contribution >= 4 is 57.4 Å². The first kappa shape index (κ1) is 28.0. The molecule has 3 aromatic rings. The summed E-state index contributed by atoms with van der Waals surface area (Å²) in [7, 11) is 0. The third-order valence-corrected chi connectivity index (χ3v) is 6.98. The van der Waals surface area contributed by atoms with Crippen LogP contribution in [0, 0.1) is 6.92 Å². The lowest BCUT2D eigenvalue weighted by molar-refractivity contribution is -0.428. The highest BCUT2D eigenvalue weighted by Gasteiger charge is 2.26. The van der Waals surface area contributed by atoms with E-state index in [0.717, 1.165) is 30.6 Å². The Kier molecular flexibility index (Phi) is 10.2. The number of aryl methyl sites for hydroxylation is 1. The lowest BCUT2D eigenvalue weighted by Gasteiger charge is -2.19. The molecule has 3 aromatic carbocycles. The topological polar surface area (TPSA) is 73.2 Å². The van der Waals surface area contributed by atoms with Gasteiger partial charge in [-0.3, -0.25) is 4.79 Å². The fourth-order valence-corrected chi connectivity index (χ4v) is 5.03. The Labute approximate surface area is 237 Å². The summed E-state index contributed by atoms with van der Waals surface area (Å²) >= 11 is 7.70. The van der Waals surface area contributed by atoms with Crippen LogP contribution >= 0.6 is 23.4 Å². The van der Waals surface area contributed by atoms with Gasteiger partial charge in [0.15, 0.2) is 0 Å².